The Bertz CT molecular complexity index is 1210. The lowest BCUT2D eigenvalue weighted by atomic mass is 10.1. The minimum Gasteiger partial charge on any atom is -0.493 e. The number of carbonyl (C=O) groups is 1. The fourth-order valence-electron chi connectivity index (χ4n) is 3.21. The van der Waals surface area contributed by atoms with Crippen molar-refractivity contribution in [2.75, 3.05) is 11.8 Å². The lowest BCUT2D eigenvalue weighted by Crippen LogP contribution is -2.26. The fraction of sp³-hybridized carbons (Fsp3) is 0.240. The third-order valence-corrected chi connectivity index (χ3v) is 6.23. The van der Waals surface area contributed by atoms with Gasteiger partial charge in [-0.2, -0.15) is 0 Å². The molecule has 1 unspecified atom stereocenters. The summed E-state index contributed by atoms with van der Waals surface area (Å²) in [6, 6.07) is 19.6. The van der Waals surface area contributed by atoms with E-state index in [1.807, 2.05) is 39.0 Å². The minimum atomic E-state index is -3.75. The molecule has 0 bridgehead atoms. The number of rotatable bonds is 9. The first-order valence-electron chi connectivity index (χ1n) is 10.5. The summed E-state index contributed by atoms with van der Waals surface area (Å²) in [5, 5.41) is 2.93. The van der Waals surface area contributed by atoms with Crippen LogP contribution in [0.2, 0.25) is 0 Å². The van der Waals surface area contributed by atoms with Crippen molar-refractivity contribution in [1.82, 2.24) is 5.32 Å². The molecule has 2 N–H and O–H groups in total. The van der Waals surface area contributed by atoms with Crippen LogP contribution in [0.4, 0.5) is 5.69 Å². The van der Waals surface area contributed by atoms with Gasteiger partial charge in [0.15, 0.2) is 11.5 Å². The van der Waals surface area contributed by atoms with Crippen molar-refractivity contribution in [3.05, 3.63) is 83.9 Å². The zero-order chi connectivity index (χ0) is 24.0. The van der Waals surface area contributed by atoms with Crippen LogP contribution >= 0.6 is 0 Å². The van der Waals surface area contributed by atoms with Crippen molar-refractivity contribution in [3.63, 3.8) is 0 Å². The molecule has 33 heavy (non-hydrogen) atoms. The minimum absolute atomic E-state index is 0.00784. The molecule has 7 nitrogen and oxygen atoms in total. The molecular formula is C25H28N2O5S. The normalized spacial score (nSPS) is 12.2. The number of ether oxygens (including phenoxy) is 2. The Morgan fingerprint density at radius 1 is 0.879 bits per heavy atom. The molecule has 0 saturated heterocycles. The van der Waals surface area contributed by atoms with Gasteiger partial charge in [-0.05, 0) is 68.8 Å². The summed E-state index contributed by atoms with van der Waals surface area (Å²) < 4.78 is 38.8. The summed E-state index contributed by atoms with van der Waals surface area (Å²) in [4.78, 5) is 13.0. The molecule has 0 aliphatic carbocycles. The van der Waals surface area contributed by atoms with Gasteiger partial charge in [-0.1, -0.05) is 30.3 Å². The third-order valence-electron chi connectivity index (χ3n) is 4.83. The topological polar surface area (TPSA) is 93.7 Å². The van der Waals surface area contributed by atoms with Gasteiger partial charge in [0.1, 0.15) is 0 Å². The molecular weight excluding hydrogens is 440 g/mol. The molecule has 0 heterocycles. The van der Waals surface area contributed by atoms with Gasteiger partial charge < -0.3 is 14.8 Å². The molecule has 0 aliphatic rings. The number of sulfonamides is 1. The van der Waals surface area contributed by atoms with E-state index in [2.05, 4.69) is 10.0 Å². The van der Waals surface area contributed by atoms with Gasteiger partial charge in [-0.3, -0.25) is 9.52 Å². The molecule has 0 radical (unpaired) electrons. The summed E-state index contributed by atoms with van der Waals surface area (Å²) >= 11 is 0. The molecule has 8 heteroatoms. The average molecular weight is 469 g/mol. The summed E-state index contributed by atoms with van der Waals surface area (Å²) in [7, 11) is -2.18. The smallest absolute Gasteiger partial charge is 0.261 e. The molecule has 0 aliphatic heterocycles. The Hall–Kier alpha value is -3.52. The van der Waals surface area contributed by atoms with Gasteiger partial charge in [0, 0.05) is 11.3 Å². The first-order chi connectivity index (χ1) is 15.7. The van der Waals surface area contributed by atoms with E-state index in [1.54, 1.807) is 43.5 Å². The Labute approximate surface area is 194 Å². The van der Waals surface area contributed by atoms with Crippen LogP contribution in [0, 0.1) is 0 Å². The van der Waals surface area contributed by atoms with Gasteiger partial charge in [0.2, 0.25) is 0 Å². The van der Waals surface area contributed by atoms with Crippen molar-refractivity contribution in [3.8, 4) is 11.5 Å². The van der Waals surface area contributed by atoms with E-state index in [9.17, 15) is 13.2 Å². The van der Waals surface area contributed by atoms with E-state index in [0.717, 1.165) is 5.56 Å². The lowest BCUT2D eigenvalue weighted by molar-refractivity contribution is 0.0940. The Balaban J connectivity index is 1.73. The Morgan fingerprint density at radius 3 is 2.27 bits per heavy atom. The van der Waals surface area contributed by atoms with Crippen molar-refractivity contribution < 1.29 is 22.7 Å². The van der Waals surface area contributed by atoms with Crippen LogP contribution in [0.25, 0.3) is 0 Å². The number of benzene rings is 3. The molecule has 3 rings (SSSR count). The van der Waals surface area contributed by atoms with Crippen molar-refractivity contribution in [2.24, 2.45) is 0 Å². The number of nitrogens with one attached hydrogen (secondary N) is 2. The number of carbonyl (C=O) groups excluding carboxylic acids is 1. The maximum atomic E-state index is 12.8. The van der Waals surface area contributed by atoms with Gasteiger partial charge in [-0.15, -0.1) is 0 Å². The largest absolute Gasteiger partial charge is 0.493 e. The van der Waals surface area contributed by atoms with E-state index >= 15 is 0 Å². The number of hydrogen-bond donors (Lipinski definition) is 2. The fourth-order valence-corrected chi connectivity index (χ4v) is 4.28. The quantitative estimate of drug-likeness (QED) is 0.472. The van der Waals surface area contributed by atoms with E-state index in [-0.39, 0.29) is 22.9 Å². The van der Waals surface area contributed by atoms with Gasteiger partial charge in [-0.25, -0.2) is 8.42 Å². The molecule has 3 aromatic rings. The maximum absolute atomic E-state index is 12.8. The van der Waals surface area contributed by atoms with Crippen LogP contribution in [0.15, 0.2) is 77.7 Å². The number of amides is 1. The standard InChI is InChI=1S/C25H28N2O5S/c1-17(2)32-23-14-13-19(16-24(23)31-4)18(3)26-25(28)20-9-8-10-21(15-20)27-33(29,30)22-11-6-5-7-12-22/h5-18,27H,1-4H3,(H,26,28). The summed E-state index contributed by atoms with van der Waals surface area (Å²) in [5.74, 6) is 0.887. The molecule has 174 valence electrons. The maximum Gasteiger partial charge on any atom is 0.261 e. The summed E-state index contributed by atoms with van der Waals surface area (Å²) in [5.41, 5.74) is 1.48. The highest BCUT2D eigenvalue weighted by Gasteiger charge is 2.17. The molecule has 1 amide bonds. The molecule has 1 atom stereocenters. The molecule has 0 fully saturated rings. The first kappa shape index (κ1) is 24.1. The second kappa shape index (κ2) is 10.4. The predicted molar refractivity (Wildman–Crippen MR) is 128 cm³/mol. The van der Waals surface area contributed by atoms with Crippen LogP contribution < -0.4 is 19.5 Å². The summed E-state index contributed by atoms with van der Waals surface area (Å²) in [6.07, 6.45) is 0.00784. The Kier molecular flexibility index (Phi) is 7.60. The molecule has 0 spiro atoms. The molecule has 0 saturated carbocycles. The highest BCUT2D eigenvalue weighted by Crippen LogP contribution is 2.31. The van der Waals surface area contributed by atoms with Gasteiger partial charge >= 0.3 is 0 Å². The zero-order valence-electron chi connectivity index (χ0n) is 19.0. The first-order valence-corrected chi connectivity index (χ1v) is 12.0. The number of methoxy groups -OCH3 is 1. The second-order valence-electron chi connectivity index (χ2n) is 7.77. The van der Waals surface area contributed by atoms with Crippen LogP contribution in [-0.2, 0) is 10.0 Å². The summed E-state index contributed by atoms with van der Waals surface area (Å²) in [6.45, 7) is 5.73. The highest BCUT2D eigenvalue weighted by atomic mass is 32.2. The van der Waals surface area contributed by atoms with Crippen molar-refractivity contribution >= 4 is 21.6 Å². The molecule has 0 aromatic heterocycles. The van der Waals surface area contributed by atoms with Crippen molar-refractivity contribution in [1.29, 1.82) is 0 Å². The van der Waals surface area contributed by atoms with Crippen LogP contribution in [-0.4, -0.2) is 27.5 Å². The predicted octanol–water partition coefficient (Wildman–Crippen LogP) is 4.77. The van der Waals surface area contributed by atoms with Gasteiger partial charge in [0.25, 0.3) is 15.9 Å². The zero-order valence-corrected chi connectivity index (χ0v) is 19.8. The number of anilines is 1. The van der Waals surface area contributed by atoms with Gasteiger partial charge in [0.05, 0.1) is 24.2 Å². The second-order valence-corrected chi connectivity index (χ2v) is 9.45. The van der Waals surface area contributed by atoms with Crippen molar-refractivity contribution in [2.45, 2.75) is 37.8 Å². The monoisotopic (exact) mass is 468 g/mol. The van der Waals surface area contributed by atoms with Crippen LogP contribution in [0.1, 0.15) is 42.7 Å². The molecule has 3 aromatic carbocycles. The Morgan fingerprint density at radius 2 is 1.61 bits per heavy atom. The lowest BCUT2D eigenvalue weighted by Gasteiger charge is -2.18. The number of hydrogen-bond acceptors (Lipinski definition) is 5. The SMILES string of the molecule is COc1cc(C(C)NC(=O)c2cccc(NS(=O)(=O)c3ccccc3)c2)ccc1OC(C)C. The van der Waals surface area contributed by atoms with Crippen LogP contribution in [0.5, 0.6) is 11.5 Å². The van der Waals surface area contributed by atoms with E-state index in [4.69, 9.17) is 9.47 Å². The average Bonchev–Trinajstić information content (AvgIpc) is 2.79. The van der Waals surface area contributed by atoms with E-state index < -0.39 is 10.0 Å². The van der Waals surface area contributed by atoms with E-state index in [1.165, 1.54) is 18.2 Å². The van der Waals surface area contributed by atoms with Crippen LogP contribution in [0.3, 0.4) is 0 Å². The van der Waals surface area contributed by atoms with E-state index in [0.29, 0.717) is 22.7 Å². The third kappa shape index (κ3) is 6.26. The highest BCUT2D eigenvalue weighted by molar-refractivity contribution is 7.92.